The van der Waals surface area contributed by atoms with Crippen molar-refractivity contribution in [1.29, 1.82) is 0 Å². The number of halogens is 1. The molecule has 0 bridgehead atoms. The highest BCUT2D eigenvalue weighted by Gasteiger charge is 2.24. The number of carbonyl (C=O) groups excluding carboxylic acids is 1. The number of para-hydroxylation sites is 1. The van der Waals surface area contributed by atoms with Crippen molar-refractivity contribution >= 4 is 39.7 Å². The Morgan fingerprint density at radius 2 is 1.79 bits per heavy atom. The van der Waals surface area contributed by atoms with Gasteiger partial charge in [0.2, 0.25) is 0 Å². The van der Waals surface area contributed by atoms with Crippen molar-refractivity contribution in [2.75, 3.05) is 6.54 Å². The van der Waals surface area contributed by atoms with Gasteiger partial charge in [-0.3, -0.25) is 4.79 Å². The number of hydrogen-bond donors (Lipinski definition) is 0. The van der Waals surface area contributed by atoms with E-state index in [-0.39, 0.29) is 5.91 Å². The van der Waals surface area contributed by atoms with Gasteiger partial charge in [-0.1, -0.05) is 54.1 Å². The van der Waals surface area contributed by atoms with Crippen LogP contribution >= 0.6 is 22.9 Å². The molecule has 4 aromatic rings. The van der Waals surface area contributed by atoms with Crippen LogP contribution in [0.1, 0.15) is 21.5 Å². The molecule has 1 aliphatic heterocycles. The minimum atomic E-state index is 0.0528. The fourth-order valence-electron chi connectivity index (χ4n) is 3.77. The first-order valence-electron chi connectivity index (χ1n) is 9.20. The van der Waals surface area contributed by atoms with E-state index in [1.807, 2.05) is 53.4 Å². The summed E-state index contributed by atoms with van der Waals surface area (Å²) in [5.74, 6) is 0.0528. The van der Waals surface area contributed by atoms with Crippen LogP contribution in [0.2, 0.25) is 4.34 Å². The topological polar surface area (TPSA) is 33.2 Å². The number of pyridine rings is 1. The van der Waals surface area contributed by atoms with Crippen molar-refractivity contribution in [3.8, 4) is 10.6 Å². The zero-order valence-electron chi connectivity index (χ0n) is 15.1. The smallest absolute Gasteiger partial charge is 0.254 e. The SMILES string of the molecule is O=C(c1cc(-c2ccc(Cl)s2)nc2ccccc12)N1CCc2ccccc2C1. The molecule has 0 spiro atoms. The van der Waals surface area contributed by atoms with Crippen LogP contribution < -0.4 is 0 Å². The number of nitrogens with zero attached hydrogens (tertiary/aromatic N) is 2. The lowest BCUT2D eigenvalue weighted by molar-refractivity contribution is 0.0736. The maximum Gasteiger partial charge on any atom is 0.254 e. The quantitative estimate of drug-likeness (QED) is 0.422. The van der Waals surface area contributed by atoms with E-state index in [4.69, 9.17) is 16.6 Å². The lowest BCUT2D eigenvalue weighted by Crippen LogP contribution is -2.36. The average Bonchev–Trinajstić information content (AvgIpc) is 3.18. The molecule has 0 saturated carbocycles. The molecule has 5 heteroatoms. The molecule has 5 rings (SSSR count). The summed E-state index contributed by atoms with van der Waals surface area (Å²) in [6, 6.07) is 21.9. The van der Waals surface area contributed by atoms with Gasteiger partial charge in [0.05, 0.1) is 26.0 Å². The highest BCUT2D eigenvalue weighted by atomic mass is 35.5. The van der Waals surface area contributed by atoms with Crippen molar-refractivity contribution in [3.63, 3.8) is 0 Å². The Morgan fingerprint density at radius 1 is 1.00 bits per heavy atom. The second-order valence-corrected chi connectivity index (χ2v) is 8.64. The zero-order valence-corrected chi connectivity index (χ0v) is 16.6. The van der Waals surface area contributed by atoms with Gasteiger partial charge in [0.1, 0.15) is 0 Å². The van der Waals surface area contributed by atoms with Crippen LogP contribution in [0.25, 0.3) is 21.5 Å². The van der Waals surface area contributed by atoms with Crippen LogP contribution in [0.4, 0.5) is 0 Å². The first-order valence-corrected chi connectivity index (χ1v) is 10.4. The van der Waals surface area contributed by atoms with E-state index in [9.17, 15) is 4.79 Å². The Hall–Kier alpha value is -2.69. The molecule has 0 fully saturated rings. The Balaban J connectivity index is 1.59. The van der Waals surface area contributed by atoms with Crippen LogP contribution in [0.5, 0.6) is 0 Å². The van der Waals surface area contributed by atoms with Crippen molar-refractivity contribution in [1.82, 2.24) is 9.88 Å². The Bertz CT molecular complexity index is 1200. The Labute approximate surface area is 172 Å². The van der Waals surface area contributed by atoms with E-state index in [1.54, 1.807) is 0 Å². The van der Waals surface area contributed by atoms with Gasteiger partial charge in [0, 0.05) is 18.5 Å². The van der Waals surface area contributed by atoms with Crippen molar-refractivity contribution < 1.29 is 4.79 Å². The summed E-state index contributed by atoms with van der Waals surface area (Å²) in [5, 5.41) is 0.887. The van der Waals surface area contributed by atoms with E-state index in [0.29, 0.717) is 16.4 Å². The summed E-state index contributed by atoms with van der Waals surface area (Å²) in [6.45, 7) is 1.37. The number of fused-ring (bicyclic) bond motifs is 2. The van der Waals surface area contributed by atoms with Crippen LogP contribution in [-0.4, -0.2) is 22.3 Å². The largest absolute Gasteiger partial charge is 0.334 e. The maximum atomic E-state index is 13.5. The van der Waals surface area contributed by atoms with Crippen LogP contribution in [0.15, 0.2) is 66.7 Å². The predicted molar refractivity (Wildman–Crippen MR) is 115 cm³/mol. The number of hydrogen-bond acceptors (Lipinski definition) is 3. The maximum absolute atomic E-state index is 13.5. The molecule has 2 aromatic heterocycles. The summed E-state index contributed by atoms with van der Waals surface area (Å²) < 4.78 is 0.713. The lowest BCUT2D eigenvalue weighted by Gasteiger charge is -2.29. The fourth-order valence-corrected chi connectivity index (χ4v) is 4.77. The van der Waals surface area contributed by atoms with Crippen molar-refractivity contribution in [2.24, 2.45) is 0 Å². The predicted octanol–water partition coefficient (Wildman–Crippen LogP) is 5.82. The normalized spacial score (nSPS) is 13.5. The minimum absolute atomic E-state index is 0.0528. The van der Waals surface area contributed by atoms with Crippen LogP contribution in [0, 0.1) is 0 Å². The molecule has 2 aromatic carbocycles. The Morgan fingerprint density at radius 3 is 2.61 bits per heavy atom. The van der Waals surface area contributed by atoms with Gasteiger partial charge in [-0.2, -0.15) is 0 Å². The molecule has 0 saturated heterocycles. The molecule has 3 nitrogen and oxygen atoms in total. The number of thiophene rings is 1. The van der Waals surface area contributed by atoms with Crippen molar-refractivity contribution in [3.05, 3.63) is 87.8 Å². The number of aromatic nitrogens is 1. The molecule has 138 valence electrons. The van der Waals surface area contributed by atoms with E-state index >= 15 is 0 Å². The van der Waals surface area contributed by atoms with Crippen LogP contribution in [-0.2, 0) is 13.0 Å². The standard InChI is InChI=1S/C23H17ClN2OS/c24-22-10-9-21(28-22)20-13-18(17-7-3-4-8-19(17)25-20)23(27)26-12-11-15-5-1-2-6-16(15)14-26/h1-10,13H,11-12,14H2. The molecule has 0 aliphatic carbocycles. The third-order valence-electron chi connectivity index (χ3n) is 5.19. The number of rotatable bonds is 2. The second kappa shape index (κ2) is 7.04. The number of carbonyl (C=O) groups is 1. The highest BCUT2D eigenvalue weighted by Crippen LogP contribution is 2.33. The summed E-state index contributed by atoms with van der Waals surface area (Å²) >= 11 is 7.59. The van der Waals surface area contributed by atoms with Gasteiger partial charge in [-0.05, 0) is 41.8 Å². The minimum Gasteiger partial charge on any atom is -0.334 e. The molecule has 3 heterocycles. The van der Waals surface area contributed by atoms with Crippen molar-refractivity contribution in [2.45, 2.75) is 13.0 Å². The summed E-state index contributed by atoms with van der Waals surface area (Å²) in [7, 11) is 0. The van der Waals surface area contributed by atoms with E-state index in [0.717, 1.165) is 34.4 Å². The monoisotopic (exact) mass is 404 g/mol. The molecule has 0 N–H and O–H groups in total. The molecule has 0 radical (unpaired) electrons. The molecular weight excluding hydrogens is 388 g/mol. The van der Waals surface area contributed by atoms with E-state index in [2.05, 4.69) is 18.2 Å². The Kier molecular flexibility index (Phi) is 4.38. The molecular formula is C23H17ClN2OS. The second-order valence-electron chi connectivity index (χ2n) is 6.92. The third-order valence-corrected chi connectivity index (χ3v) is 6.44. The van der Waals surface area contributed by atoms with Gasteiger partial charge in [-0.15, -0.1) is 11.3 Å². The highest BCUT2D eigenvalue weighted by molar-refractivity contribution is 7.19. The molecule has 1 aliphatic rings. The first-order chi connectivity index (χ1) is 13.7. The number of amides is 1. The van der Waals surface area contributed by atoms with Gasteiger partial charge in [-0.25, -0.2) is 4.98 Å². The first kappa shape index (κ1) is 17.4. The van der Waals surface area contributed by atoms with E-state index in [1.165, 1.54) is 22.5 Å². The number of benzene rings is 2. The molecule has 1 amide bonds. The van der Waals surface area contributed by atoms with Crippen LogP contribution in [0.3, 0.4) is 0 Å². The lowest BCUT2D eigenvalue weighted by atomic mass is 9.98. The van der Waals surface area contributed by atoms with Gasteiger partial charge in [0.25, 0.3) is 5.91 Å². The zero-order chi connectivity index (χ0) is 19.1. The molecule has 0 atom stereocenters. The summed E-state index contributed by atoms with van der Waals surface area (Å²) in [5.41, 5.74) is 4.87. The van der Waals surface area contributed by atoms with E-state index < -0.39 is 0 Å². The molecule has 28 heavy (non-hydrogen) atoms. The molecule has 0 unspecified atom stereocenters. The third kappa shape index (κ3) is 3.09. The van der Waals surface area contributed by atoms with Gasteiger partial charge < -0.3 is 4.90 Å². The summed E-state index contributed by atoms with van der Waals surface area (Å²) in [4.78, 5) is 21.2. The summed E-state index contributed by atoms with van der Waals surface area (Å²) in [6.07, 6.45) is 0.887. The average molecular weight is 405 g/mol. The van der Waals surface area contributed by atoms with Gasteiger partial charge >= 0.3 is 0 Å². The fraction of sp³-hybridized carbons (Fsp3) is 0.130. The van der Waals surface area contributed by atoms with Gasteiger partial charge in [0.15, 0.2) is 0 Å².